The van der Waals surface area contributed by atoms with Crippen LogP contribution in [0.1, 0.15) is 23.2 Å². The predicted molar refractivity (Wildman–Crippen MR) is 117 cm³/mol. The summed E-state index contributed by atoms with van der Waals surface area (Å²) in [6.45, 7) is -1.09. The van der Waals surface area contributed by atoms with E-state index >= 15 is 0 Å². The number of halogens is 5. The van der Waals surface area contributed by atoms with Gasteiger partial charge in [0.1, 0.15) is 12.3 Å². The Hall–Kier alpha value is -3.25. The standard InChI is InChI=1S/C22H18F5N3O3S/c23-21(24,11-31)18-17(13-5-8-15-16(10-13)33-20(32)29-15)34-19(30-18)28-9-1-2-12-3-6-14(7-4-12)22(25,26)27/h3-8,10,31H,1-2,9,11H2,(H,28,30)(H,29,32). The number of fused-ring (bicyclic) bond motifs is 1. The molecule has 0 bridgehead atoms. The first-order valence-electron chi connectivity index (χ1n) is 10.1. The molecule has 180 valence electrons. The lowest BCUT2D eigenvalue weighted by Crippen LogP contribution is -2.20. The van der Waals surface area contributed by atoms with Crippen LogP contribution < -0.4 is 11.1 Å². The lowest BCUT2D eigenvalue weighted by molar-refractivity contribution is -0.137. The Labute approximate surface area is 193 Å². The van der Waals surface area contributed by atoms with Gasteiger partial charge in [0.05, 0.1) is 16.0 Å². The molecule has 2 aromatic heterocycles. The fourth-order valence-electron chi connectivity index (χ4n) is 3.35. The van der Waals surface area contributed by atoms with E-state index in [1.165, 1.54) is 30.3 Å². The largest absolute Gasteiger partial charge is 0.417 e. The second kappa shape index (κ2) is 9.18. The number of hydrogen-bond donors (Lipinski definition) is 3. The van der Waals surface area contributed by atoms with Gasteiger partial charge in [-0.2, -0.15) is 22.0 Å². The molecule has 2 aromatic carbocycles. The third kappa shape index (κ3) is 5.12. The van der Waals surface area contributed by atoms with Crippen LogP contribution in [0.3, 0.4) is 0 Å². The quantitative estimate of drug-likeness (QED) is 0.223. The van der Waals surface area contributed by atoms with Crippen LogP contribution in [-0.4, -0.2) is 28.2 Å². The lowest BCUT2D eigenvalue weighted by atomic mass is 10.1. The minimum absolute atomic E-state index is 0.107. The van der Waals surface area contributed by atoms with E-state index in [4.69, 9.17) is 4.42 Å². The van der Waals surface area contributed by atoms with Gasteiger partial charge in [-0.1, -0.05) is 29.5 Å². The number of anilines is 1. The zero-order valence-corrected chi connectivity index (χ0v) is 18.2. The minimum atomic E-state index is -4.39. The number of thiazole rings is 1. The van der Waals surface area contributed by atoms with Crippen molar-refractivity contribution in [3.63, 3.8) is 0 Å². The van der Waals surface area contributed by atoms with E-state index < -0.39 is 35.7 Å². The number of aliphatic hydroxyl groups excluding tert-OH is 1. The Morgan fingerprint density at radius 3 is 2.50 bits per heavy atom. The van der Waals surface area contributed by atoms with Gasteiger partial charge in [-0.15, -0.1) is 0 Å². The molecule has 4 aromatic rings. The number of aryl methyl sites for hydroxylation is 1. The molecule has 0 saturated heterocycles. The summed E-state index contributed by atoms with van der Waals surface area (Å²) >= 11 is 0.953. The molecule has 4 rings (SSSR count). The number of nitrogens with zero attached hydrogens (tertiary/aromatic N) is 1. The molecule has 0 fully saturated rings. The van der Waals surface area contributed by atoms with E-state index in [2.05, 4.69) is 15.3 Å². The van der Waals surface area contributed by atoms with Gasteiger partial charge in [0, 0.05) is 6.54 Å². The molecule has 3 N–H and O–H groups in total. The second-order valence-electron chi connectivity index (χ2n) is 7.51. The Kier molecular flexibility index (Phi) is 6.45. The number of nitrogens with one attached hydrogen (secondary N) is 2. The van der Waals surface area contributed by atoms with Crippen LogP contribution in [0.4, 0.5) is 27.1 Å². The zero-order valence-electron chi connectivity index (χ0n) is 17.4. The molecule has 34 heavy (non-hydrogen) atoms. The van der Waals surface area contributed by atoms with E-state index in [0.29, 0.717) is 36.0 Å². The maximum absolute atomic E-state index is 14.4. The predicted octanol–water partition coefficient (Wildman–Crippen LogP) is 5.39. The van der Waals surface area contributed by atoms with E-state index in [9.17, 15) is 31.9 Å². The minimum Gasteiger partial charge on any atom is -0.408 e. The van der Waals surface area contributed by atoms with E-state index in [-0.39, 0.29) is 15.6 Å². The maximum atomic E-state index is 14.4. The summed E-state index contributed by atoms with van der Waals surface area (Å²) in [4.78, 5) is 17.9. The number of aromatic nitrogens is 2. The van der Waals surface area contributed by atoms with E-state index in [1.54, 1.807) is 0 Å². The Morgan fingerprint density at radius 1 is 1.09 bits per heavy atom. The molecule has 0 radical (unpaired) electrons. The molecule has 0 aliphatic heterocycles. The van der Waals surface area contributed by atoms with Crippen LogP contribution in [-0.2, 0) is 18.5 Å². The van der Waals surface area contributed by atoms with Crippen LogP contribution in [0.25, 0.3) is 21.5 Å². The smallest absolute Gasteiger partial charge is 0.408 e. The number of hydrogen-bond acceptors (Lipinski definition) is 6. The zero-order chi connectivity index (χ0) is 24.5. The third-order valence-corrected chi connectivity index (χ3v) is 6.12. The molecule has 6 nitrogen and oxygen atoms in total. The Bertz CT molecular complexity index is 1340. The molecule has 12 heteroatoms. The summed E-state index contributed by atoms with van der Waals surface area (Å²) in [5.74, 6) is -4.27. The van der Waals surface area contributed by atoms with Crippen LogP contribution >= 0.6 is 11.3 Å². The number of rotatable bonds is 8. The van der Waals surface area contributed by atoms with Crippen molar-refractivity contribution in [2.24, 2.45) is 0 Å². The topological polar surface area (TPSA) is 91.2 Å². The van der Waals surface area contributed by atoms with Crippen molar-refractivity contribution in [1.82, 2.24) is 9.97 Å². The summed E-state index contributed by atoms with van der Waals surface area (Å²) in [6, 6.07) is 9.33. The highest BCUT2D eigenvalue weighted by atomic mass is 32.1. The number of benzene rings is 2. The van der Waals surface area contributed by atoms with E-state index in [0.717, 1.165) is 23.5 Å². The number of alkyl halides is 5. The summed E-state index contributed by atoms with van der Waals surface area (Å²) in [7, 11) is 0. The summed E-state index contributed by atoms with van der Waals surface area (Å²) in [5, 5.41) is 12.3. The first kappa shape index (κ1) is 23.9. The van der Waals surface area contributed by atoms with Gasteiger partial charge in [-0.25, -0.2) is 9.78 Å². The molecule has 0 atom stereocenters. The van der Waals surface area contributed by atoms with Gasteiger partial charge in [0.25, 0.3) is 0 Å². The average molecular weight is 499 g/mol. The van der Waals surface area contributed by atoms with Gasteiger partial charge >= 0.3 is 17.9 Å². The Morgan fingerprint density at radius 2 is 1.82 bits per heavy atom. The number of H-pyrrole nitrogens is 1. The van der Waals surface area contributed by atoms with Crippen molar-refractivity contribution < 1.29 is 31.5 Å². The number of aliphatic hydroxyl groups is 1. The summed E-state index contributed by atoms with van der Waals surface area (Å²) in [6.07, 6.45) is -3.40. The lowest BCUT2D eigenvalue weighted by Gasteiger charge is -2.12. The van der Waals surface area contributed by atoms with Gasteiger partial charge in [-0.3, -0.25) is 4.98 Å². The molecule has 0 amide bonds. The third-order valence-electron chi connectivity index (χ3n) is 5.06. The fourth-order valence-corrected chi connectivity index (χ4v) is 4.39. The first-order valence-corrected chi connectivity index (χ1v) is 10.9. The van der Waals surface area contributed by atoms with E-state index in [1.807, 2.05) is 0 Å². The Balaban J connectivity index is 1.48. The van der Waals surface area contributed by atoms with Gasteiger partial charge in [0.2, 0.25) is 0 Å². The van der Waals surface area contributed by atoms with Crippen LogP contribution in [0, 0.1) is 0 Å². The second-order valence-corrected chi connectivity index (χ2v) is 8.51. The molecule has 0 saturated carbocycles. The van der Waals surface area contributed by atoms with Crippen LogP contribution in [0.2, 0.25) is 0 Å². The average Bonchev–Trinajstić information content (AvgIpc) is 3.39. The van der Waals surface area contributed by atoms with Crippen molar-refractivity contribution in [3.05, 3.63) is 69.8 Å². The summed E-state index contributed by atoms with van der Waals surface area (Å²) in [5.41, 5.74) is 0.328. The highest BCUT2D eigenvalue weighted by Crippen LogP contribution is 2.41. The van der Waals surface area contributed by atoms with Crippen molar-refractivity contribution >= 4 is 27.6 Å². The van der Waals surface area contributed by atoms with Gasteiger partial charge in [0.15, 0.2) is 10.7 Å². The fraction of sp³-hybridized carbons (Fsp3) is 0.273. The highest BCUT2D eigenvalue weighted by molar-refractivity contribution is 7.19. The van der Waals surface area contributed by atoms with Gasteiger partial charge < -0.3 is 14.8 Å². The monoisotopic (exact) mass is 499 g/mol. The number of oxazole rings is 1. The molecule has 0 unspecified atom stereocenters. The van der Waals surface area contributed by atoms with Crippen molar-refractivity contribution in [2.45, 2.75) is 24.9 Å². The normalized spacial score (nSPS) is 12.4. The first-order chi connectivity index (χ1) is 16.1. The van der Waals surface area contributed by atoms with Gasteiger partial charge in [-0.05, 0) is 48.2 Å². The molecule has 0 spiro atoms. The van der Waals surface area contributed by atoms with Crippen LogP contribution in [0.15, 0.2) is 51.7 Å². The molecule has 0 aliphatic carbocycles. The van der Waals surface area contributed by atoms with Crippen molar-refractivity contribution in [3.8, 4) is 10.4 Å². The van der Waals surface area contributed by atoms with Crippen molar-refractivity contribution in [2.75, 3.05) is 18.5 Å². The molecule has 2 heterocycles. The maximum Gasteiger partial charge on any atom is 0.417 e. The highest BCUT2D eigenvalue weighted by Gasteiger charge is 2.37. The SMILES string of the molecule is O=c1[nH]c2ccc(-c3sc(NCCCc4ccc(C(F)(F)F)cc4)nc3C(F)(F)CO)cc2o1. The molecular formula is C22H18F5N3O3S. The van der Waals surface area contributed by atoms with Crippen molar-refractivity contribution in [1.29, 1.82) is 0 Å². The van der Waals surface area contributed by atoms with Crippen LogP contribution in [0.5, 0.6) is 0 Å². The summed E-state index contributed by atoms with van der Waals surface area (Å²) < 4.78 is 71.7. The molecule has 0 aliphatic rings. The molecular weight excluding hydrogens is 481 g/mol. The number of aromatic amines is 1.